The summed E-state index contributed by atoms with van der Waals surface area (Å²) in [6.07, 6.45) is 0. The predicted octanol–water partition coefficient (Wildman–Crippen LogP) is 2.97. The first kappa shape index (κ1) is 14.6. The first-order valence-corrected chi connectivity index (χ1v) is 6.54. The van der Waals surface area contributed by atoms with Crippen molar-refractivity contribution < 1.29 is 9.53 Å². The number of amides is 1. The number of rotatable bonds is 4. The topological polar surface area (TPSA) is 53.3 Å². The standard InChI is InChI=1S/C17H16N2O2/c1-19(15-10-6-7-11-16(15)21-2)17(20)14(12-18)13-8-4-3-5-9-13/h3-11,14H,1-2H3. The van der Waals surface area contributed by atoms with Gasteiger partial charge in [-0.2, -0.15) is 5.26 Å². The summed E-state index contributed by atoms with van der Waals surface area (Å²) in [6.45, 7) is 0. The highest BCUT2D eigenvalue weighted by Gasteiger charge is 2.25. The number of likely N-dealkylation sites (N-methyl/N-ethyl adjacent to an activating group) is 1. The van der Waals surface area contributed by atoms with Crippen LogP contribution in [0.15, 0.2) is 54.6 Å². The molecule has 0 N–H and O–H groups in total. The normalized spacial score (nSPS) is 11.3. The molecular weight excluding hydrogens is 264 g/mol. The summed E-state index contributed by atoms with van der Waals surface area (Å²) < 4.78 is 5.26. The minimum Gasteiger partial charge on any atom is -0.495 e. The zero-order valence-electron chi connectivity index (χ0n) is 12.0. The fourth-order valence-corrected chi connectivity index (χ4v) is 2.14. The summed E-state index contributed by atoms with van der Waals surface area (Å²) in [5.74, 6) is -0.521. The Morgan fingerprint density at radius 1 is 1.14 bits per heavy atom. The monoisotopic (exact) mass is 280 g/mol. The van der Waals surface area contributed by atoms with Crippen LogP contribution in [0.25, 0.3) is 0 Å². The molecule has 0 aliphatic rings. The molecule has 2 rings (SSSR count). The highest BCUT2D eigenvalue weighted by atomic mass is 16.5. The molecular formula is C17H16N2O2. The van der Waals surface area contributed by atoms with E-state index in [-0.39, 0.29) is 5.91 Å². The molecule has 0 aliphatic heterocycles. The number of hydrogen-bond acceptors (Lipinski definition) is 3. The van der Waals surface area contributed by atoms with E-state index in [0.29, 0.717) is 17.0 Å². The average Bonchev–Trinajstić information content (AvgIpc) is 2.55. The number of hydrogen-bond donors (Lipinski definition) is 0. The molecule has 0 saturated heterocycles. The van der Waals surface area contributed by atoms with Crippen LogP contribution in [0.1, 0.15) is 11.5 Å². The molecule has 2 aromatic carbocycles. The highest BCUT2D eigenvalue weighted by molar-refractivity contribution is 6.00. The largest absolute Gasteiger partial charge is 0.495 e. The van der Waals surface area contributed by atoms with Crippen molar-refractivity contribution in [2.75, 3.05) is 19.1 Å². The Labute approximate surface area is 124 Å². The van der Waals surface area contributed by atoms with Gasteiger partial charge in [0.05, 0.1) is 18.9 Å². The Balaban J connectivity index is 2.32. The van der Waals surface area contributed by atoms with Crippen molar-refractivity contribution in [2.45, 2.75) is 5.92 Å². The van der Waals surface area contributed by atoms with Crippen LogP contribution in [0.4, 0.5) is 5.69 Å². The number of carbonyl (C=O) groups is 1. The number of methoxy groups -OCH3 is 1. The van der Waals surface area contributed by atoms with Gasteiger partial charge in [-0.25, -0.2) is 0 Å². The quantitative estimate of drug-likeness (QED) is 0.865. The molecule has 0 fully saturated rings. The molecule has 1 atom stereocenters. The van der Waals surface area contributed by atoms with E-state index >= 15 is 0 Å². The molecule has 4 heteroatoms. The van der Waals surface area contributed by atoms with Crippen LogP contribution in [0.5, 0.6) is 5.75 Å². The second-order valence-electron chi connectivity index (χ2n) is 4.54. The summed E-state index contributed by atoms with van der Waals surface area (Å²) in [5, 5.41) is 9.34. The Morgan fingerprint density at radius 3 is 2.38 bits per heavy atom. The number of carbonyl (C=O) groups excluding carboxylic acids is 1. The van der Waals surface area contributed by atoms with Gasteiger partial charge in [-0.15, -0.1) is 0 Å². The smallest absolute Gasteiger partial charge is 0.248 e. The summed E-state index contributed by atoms with van der Waals surface area (Å²) >= 11 is 0. The van der Waals surface area contributed by atoms with E-state index in [9.17, 15) is 10.1 Å². The van der Waals surface area contributed by atoms with Crippen LogP contribution in [0.2, 0.25) is 0 Å². The van der Waals surface area contributed by atoms with E-state index in [2.05, 4.69) is 6.07 Å². The average molecular weight is 280 g/mol. The van der Waals surface area contributed by atoms with E-state index < -0.39 is 5.92 Å². The molecule has 1 unspecified atom stereocenters. The first-order chi connectivity index (χ1) is 10.2. The molecule has 1 amide bonds. The van der Waals surface area contributed by atoms with Crippen LogP contribution in [-0.4, -0.2) is 20.1 Å². The summed E-state index contributed by atoms with van der Waals surface area (Å²) in [4.78, 5) is 14.0. The van der Waals surface area contributed by atoms with Gasteiger partial charge in [-0.1, -0.05) is 42.5 Å². The van der Waals surface area contributed by atoms with E-state index in [1.165, 1.54) is 4.90 Å². The third kappa shape index (κ3) is 3.03. The lowest BCUT2D eigenvalue weighted by molar-refractivity contribution is -0.118. The molecule has 0 aromatic heterocycles. The number of ether oxygens (including phenoxy) is 1. The lowest BCUT2D eigenvalue weighted by atomic mass is 9.99. The molecule has 21 heavy (non-hydrogen) atoms. The van der Waals surface area contributed by atoms with Crippen LogP contribution < -0.4 is 9.64 Å². The summed E-state index contributed by atoms with van der Waals surface area (Å²) in [5.41, 5.74) is 1.33. The molecule has 0 spiro atoms. The third-order valence-corrected chi connectivity index (χ3v) is 3.29. The number of para-hydroxylation sites is 2. The SMILES string of the molecule is COc1ccccc1N(C)C(=O)C(C#N)c1ccccc1. The molecule has 0 radical (unpaired) electrons. The van der Waals surface area contributed by atoms with Crippen LogP contribution in [-0.2, 0) is 4.79 Å². The van der Waals surface area contributed by atoms with Gasteiger partial charge in [0.25, 0.3) is 0 Å². The maximum absolute atomic E-state index is 12.6. The molecule has 0 bridgehead atoms. The number of nitrogens with zero attached hydrogens (tertiary/aromatic N) is 2. The first-order valence-electron chi connectivity index (χ1n) is 6.54. The van der Waals surface area contributed by atoms with Gasteiger partial charge >= 0.3 is 0 Å². The predicted molar refractivity (Wildman–Crippen MR) is 81.2 cm³/mol. The van der Waals surface area contributed by atoms with Gasteiger partial charge in [-0.05, 0) is 17.7 Å². The molecule has 0 aliphatic carbocycles. The van der Waals surface area contributed by atoms with Gasteiger partial charge in [0.2, 0.25) is 5.91 Å². The van der Waals surface area contributed by atoms with Gasteiger partial charge in [0.15, 0.2) is 5.92 Å². The van der Waals surface area contributed by atoms with Gasteiger partial charge in [0.1, 0.15) is 5.75 Å². The van der Waals surface area contributed by atoms with Crippen LogP contribution in [0.3, 0.4) is 0 Å². The van der Waals surface area contributed by atoms with Crippen molar-refractivity contribution >= 4 is 11.6 Å². The van der Waals surface area contributed by atoms with Crippen molar-refractivity contribution in [1.82, 2.24) is 0 Å². The van der Waals surface area contributed by atoms with E-state index in [1.54, 1.807) is 38.4 Å². The maximum atomic E-state index is 12.6. The Morgan fingerprint density at radius 2 is 1.76 bits per heavy atom. The molecule has 106 valence electrons. The second kappa shape index (κ2) is 6.58. The minimum atomic E-state index is -0.832. The second-order valence-corrected chi connectivity index (χ2v) is 4.54. The van der Waals surface area contributed by atoms with Gasteiger partial charge in [0, 0.05) is 7.05 Å². The zero-order valence-corrected chi connectivity index (χ0v) is 12.0. The Bertz CT molecular complexity index is 662. The van der Waals surface area contributed by atoms with Crippen molar-refractivity contribution in [3.8, 4) is 11.8 Å². The number of benzene rings is 2. The summed E-state index contributed by atoms with van der Waals surface area (Å²) in [6, 6.07) is 18.3. The van der Waals surface area contributed by atoms with Crippen molar-refractivity contribution in [3.05, 3.63) is 60.2 Å². The van der Waals surface area contributed by atoms with Crippen LogP contribution in [0, 0.1) is 11.3 Å². The maximum Gasteiger partial charge on any atom is 0.248 e. The number of nitriles is 1. The van der Waals surface area contributed by atoms with Crippen LogP contribution >= 0.6 is 0 Å². The highest BCUT2D eigenvalue weighted by Crippen LogP contribution is 2.29. The molecule has 2 aromatic rings. The van der Waals surface area contributed by atoms with Crippen molar-refractivity contribution in [2.24, 2.45) is 0 Å². The fraction of sp³-hybridized carbons (Fsp3) is 0.176. The van der Waals surface area contributed by atoms with E-state index in [1.807, 2.05) is 30.3 Å². The molecule has 4 nitrogen and oxygen atoms in total. The van der Waals surface area contributed by atoms with Gasteiger partial charge < -0.3 is 9.64 Å². The third-order valence-electron chi connectivity index (χ3n) is 3.29. The van der Waals surface area contributed by atoms with Gasteiger partial charge in [-0.3, -0.25) is 4.79 Å². The number of anilines is 1. The van der Waals surface area contributed by atoms with E-state index in [0.717, 1.165) is 0 Å². The van der Waals surface area contributed by atoms with Crippen molar-refractivity contribution in [3.63, 3.8) is 0 Å². The summed E-state index contributed by atoms with van der Waals surface area (Å²) in [7, 11) is 3.20. The lowest BCUT2D eigenvalue weighted by Crippen LogP contribution is -2.31. The zero-order chi connectivity index (χ0) is 15.2. The molecule has 0 saturated carbocycles. The lowest BCUT2D eigenvalue weighted by Gasteiger charge is -2.22. The Hall–Kier alpha value is -2.80. The molecule has 0 heterocycles. The minimum absolute atomic E-state index is 0.284. The Kier molecular flexibility index (Phi) is 4.57. The van der Waals surface area contributed by atoms with E-state index in [4.69, 9.17) is 4.74 Å². The van der Waals surface area contributed by atoms with Crippen molar-refractivity contribution in [1.29, 1.82) is 5.26 Å². The fourth-order valence-electron chi connectivity index (χ4n) is 2.14.